The minimum absolute atomic E-state index is 0.200. The Morgan fingerprint density at radius 3 is 2.59 bits per heavy atom. The molecule has 0 bridgehead atoms. The van der Waals surface area contributed by atoms with Crippen LogP contribution in [-0.4, -0.2) is 62.3 Å². The molecular formula is C31H38N6O4. The second-order valence-electron chi connectivity index (χ2n) is 12.2. The highest BCUT2D eigenvalue weighted by Gasteiger charge is 2.45. The molecule has 1 aromatic heterocycles. The summed E-state index contributed by atoms with van der Waals surface area (Å²) >= 11 is 0. The average molecular weight is 559 g/mol. The Kier molecular flexibility index (Phi) is 7.17. The smallest absolute Gasteiger partial charge is 0.264 e. The SMILES string of the molecule is C=C1CCC(N2C(=O)c3cccc(NCc4cnn(C5CCN(C(=O)C6(C)CCCCC6)CC5)c4)c3C2=O)C(=O)N1. The third-order valence-corrected chi connectivity index (χ3v) is 9.32. The van der Waals surface area contributed by atoms with Crippen LogP contribution in [0.15, 0.2) is 42.9 Å². The molecule has 4 amide bonds. The summed E-state index contributed by atoms with van der Waals surface area (Å²) in [4.78, 5) is 55.4. The van der Waals surface area contributed by atoms with E-state index in [0.717, 1.165) is 62.1 Å². The molecule has 216 valence electrons. The van der Waals surface area contributed by atoms with Crippen LogP contribution in [0.2, 0.25) is 0 Å². The van der Waals surface area contributed by atoms with E-state index >= 15 is 0 Å². The number of hydrogen-bond acceptors (Lipinski definition) is 6. The molecule has 2 N–H and O–H groups in total. The number of piperidine rings is 2. The molecule has 1 unspecified atom stereocenters. The highest BCUT2D eigenvalue weighted by Crippen LogP contribution is 2.39. The van der Waals surface area contributed by atoms with E-state index in [4.69, 9.17) is 0 Å². The van der Waals surface area contributed by atoms with Gasteiger partial charge in [-0.1, -0.05) is 38.8 Å². The van der Waals surface area contributed by atoms with Gasteiger partial charge in [-0.2, -0.15) is 5.10 Å². The van der Waals surface area contributed by atoms with Crippen LogP contribution in [-0.2, 0) is 16.1 Å². The van der Waals surface area contributed by atoms with Crippen molar-refractivity contribution in [2.24, 2.45) is 5.41 Å². The lowest BCUT2D eigenvalue weighted by molar-refractivity contribution is -0.144. The van der Waals surface area contributed by atoms with Crippen molar-refractivity contribution in [2.75, 3.05) is 18.4 Å². The minimum Gasteiger partial charge on any atom is -0.380 e. The fourth-order valence-electron chi connectivity index (χ4n) is 6.87. The van der Waals surface area contributed by atoms with Crippen molar-refractivity contribution in [3.05, 3.63) is 59.6 Å². The predicted octanol–water partition coefficient (Wildman–Crippen LogP) is 4.02. The maximum absolute atomic E-state index is 13.4. The lowest BCUT2D eigenvalue weighted by atomic mass is 9.74. The summed E-state index contributed by atoms with van der Waals surface area (Å²) in [5, 5.41) is 10.6. The van der Waals surface area contributed by atoms with Crippen molar-refractivity contribution in [1.82, 2.24) is 24.9 Å². The number of nitrogens with one attached hydrogen (secondary N) is 2. The van der Waals surface area contributed by atoms with Crippen LogP contribution in [0.5, 0.6) is 0 Å². The molecule has 2 saturated heterocycles. The first-order valence-electron chi connectivity index (χ1n) is 14.8. The zero-order chi connectivity index (χ0) is 28.7. The molecule has 10 nitrogen and oxygen atoms in total. The van der Waals surface area contributed by atoms with Crippen molar-refractivity contribution in [3.63, 3.8) is 0 Å². The number of aromatic nitrogens is 2. The van der Waals surface area contributed by atoms with E-state index in [1.54, 1.807) is 18.2 Å². The van der Waals surface area contributed by atoms with E-state index in [0.29, 0.717) is 47.8 Å². The van der Waals surface area contributed by atoms with Crippen LogP contribution in [0.3, 0.4) is 0 Å². The molecule has 0 radical (unpaired) electrons. The fraction of sp³-hybridized carbons (Fsp3) is 0.516. The van der Waals surface area contributed by atoms with Crippen molar-refractivity contribution in [1.29, 1.82) is 0 Å². The molecule has 4 heterocycles. The normalized spacial score (nSPS) is 23.0. The number of allylic oxidation sites excluding steroid dienone is 1. The Morgan fingerprint density at radius 2 is 1.85 bits per heavy atom. The van der Waals surface area contributed by atoms with Crippen LogP contribution < -0.4 is 10.6 Å². The molecule has 10 heteroatoms. The van der Waals surface area contributed by atoms with Gasteiger partial charge in [0.15, 0.2) is 0 Å². The molecule has 4 aliphatic rings. The second-order valence-corrected chi connectivity index (χ2v) is 12.2. The van der Waals surface area contributed by atoms with Gasteiger partial charge in [0, 0.05) is 48.2 Å². The predicted molar refractivity (Wildman–Crippen MR) is 153 cm³/mol. The van der Waals surface area contributed by atoms with Gasteiger partial charge in [0.05, 0.1) is 23.4 Å². The number of rotatable bonds is 6. The first-order valence-corrected chi connectivity index (χ1v) is 14.8. The Labute approximate surface area is 240 Å². The zero-order valence-corrected chi connectivity index (χ0v) is 23.7. The number of nitrogens with zero attached hydrogens (tertiary/aromatic N) is 4. The van der Waals surface area contributed by atoms with E-state index in [1.165, 1.54) is 6.42 Å². The topological polar surface area (TPSA) is 117 Å². The maximum atomic E-state index is 13.4. The lowest BCUT2D eigenvalue weighted by Gasteiger charge is -2.40. The molecule has 6 rings (SSSR count). The summed E-state index contributed by atoms with van der Waals surface area (Å²) < 4.78 is 1.99. The van der Waals surface area contributed by atoms with Gasteiger partial charge in [0.1, 0.15) is 6.04 Å². The quantitative estimate of drug-likeness (QED) is 0.518. The van der Waals surface area contributed by atoms with Crippen LogP contribution >= 0.6 is 0 Å². The van der Waals surface area contributed by atoms with Crippen molar-refractivity contribution in [2.45, 2.75) is 83.3 Å². The van der Waals surface area contributed by atoms with Gasteiger partial charge in [-0.25, -0.2) is 0 Å². The van der Waals surface area contributed by atoms with E-state index in [1.807, 2.05) is 17.1 Å². The molecule has 1 atom stereocenters. The Bertz CT molecular complexity index is 1400. The highest BCUT2D eigenvalue weighted by atomic mass is 16.2. The Hall–Kier alpha value is -3.95. The Balaban J connectivity index is 1.08. The number of anilines is 1. The first-order chi connectivity index (χ1) is 19.7. The summed E-state index contributed by atoms with van der Waals surface area (Å²) in [6.45, 7) is 7.85. The molecular weight excluding hydrogens is 520 g/mol. The van der Waals surface area contributed by atoms with E-state index in [-0.39, 0.29) is 17.4 Å². The number of carbonyl (C=O) groups excluding carboxylic acids is 4. The van der Waals surface area contributed by atoms with Gasteiger partial charge in [0.2, 0.25) is 11.8 Å². The summed E-state index contributed by atoms with van der Waals surface area (Å²) in [7, 11) is 0. The van der Waals surface area contributed by atoms with Gasteiger partial charge in [0.25, 0.3) is 11.8 Å². The Morgan fingerprint density at radius 1 is 1.10 bits per heavy atom. The van der Waals surface area contributed by atoms with E-state index in [9.17, 15) is 19.2 Å². The summed E-state index contributed by atoms with van der Waals surface area (Å²) in [6, 6.07) is 4.54. The third kappa shape index (κ3) is 5.04. The maximum Gasteiger partial charge on any atom is 0.264 e. The summed E-state index contributed by atoms with van der Waals surface area (Å²) in [5.41, 5.74) is 2.50. The monoisotopic (exact) mass is 558 g/mol. The average Bonchev–Trinajstić information content (AvgIpc) is 3.55. The molecule has 1 saturated carbocycles. The molecule has 41 heavy (non-hydrogen) atoms. The number of imide groups is 1. The highest BCUT2D eigenvalue weighted by molar-refractivity contribution is 6.25. The van der Waals surface area contributed by atoms with Gasteiger partial charge in [-0.15, -0.1) is 0 Å². The van der Waals surface area contributed by atoms with Crippen LogP contribution in [0, 0.1) is 5.41 Å². The molecule has 1 aliphatic carbocycles. The van der Waals surface area contributed by atoms with Crippen molar-refractivity contribution in [3.8, 4) is 0 Å². The minimum atomic E-state index is -0.841. The lowest BCUT2D eigenvalue weighted by Crippen LogP contribution is -2.51. The van der Waals surface area contributed by atoms with E-state index < -0.39 is 17.9 Å². The number of carbonyl (C=O) groups is 4. The molecule has 1 aromatic carbocycles. The molecule has 3 fully saturated rings. The van der Waals surface area contributed by atoms with Gasteiger partial charge in [-0.3, -0.25) is 28.8 Å². The van der Waals surface area contributed by atoms with Crippen LogP contribution in [0.4, 0.5) is 5.69 Å². The van der Waals surface area contributed by atoms with Crippen LogP contribution in [0.25, 0.3) is 0 Å². The summed E-state index contributed by atoms with van der Waals surface area (Å²) in [6.07, 6.45) is 12.0. The van der Waals surface area contributed by atoms with Gasteiger partial charge in [-0.05, 0) is 50.7 Å². The molecule has 0 spiro atoms. The van der Waals surface area contributed by atoms with Gasteiger partial charge < -0.3 is 15.5 Å². The second kappa shape index (κ2) is 10.8. The third-order valence-electron chi connectivity index (χ3n) is 9.32. The fourth-order valence-corrected chi connectivity index (χ4v) is 6.87. The summed E-state index contributed by atoms with van der Waals surface area (Å²) in [5.74, 6) is -0.968. The van der Waals surface area contributed by atoms with Crippen LogP contribution in [0.1, 0.15) is 97.0 Å². The van der Waals surface area contributed by atoms with Gasteiger partial charge >= 0.3 is 0 Å². The standard InChI is InChI=1S/C31H38N6O4/c1-20-9-10-25(27(38)34-20)37-28(39)23-7-6-8-24(26(23)29(37)40)32-17-21-18-33-36(19-21)22-11-15-35(16-12-22)30(41)31(2)13-4-3-5-14-31/h6-8,18-19,22,25,32H,1,3-5,9-17H2,2H3,(H,34,38). The largest absolute Gasteiger partial charge is 0.380 e. The number of benzene rings is 1. The molecule has 2 aromatic rings. The van der Waals surface area contributed by atoms with E-state index in [2.05, 4.69) is 34.1 Å². The molecule has 3 aliphatic heterocycles. The zero-order valence-electron chi connectivity index (χ0n) is 23.7. The first kappa shape index (κ1) is 27.2. The van der Waals surface area contributed by atoms with Crippen molar-refractivity contribution >= 4 is 29.3 Å². The van der Waals surface area contributed by atoms with Crippen molar-refractivity contribution < 1.29 is 19.2 Å². The number of likely N-dealkylation sites (tertiary alicyclic amines) is 1. The number of amides is 4. The number of hydrogen-bond donors (Lipinski definition) is 2. The number of fused-ring (bicyclic) bond motifs is 1.